The van der Waals surface area contributed by atoms with Gasteiger partial charge >= 0.3 is 0 Å². The van der Waals surface area contributed by atoms with Gasteiger partial charge in [-0.2, -0.15) is 0 Å². The number of likely N-dealkylation sites (N-methyl/N-ethyl adjacent to an activating group) is 1. The normalized spacial score (nSPS) is 19.0. The minimum absolute atomic E-state index is 0.00465. The van der Waals surface area contributed by atoms with Gasteiger partial charge < -0.3 is 15.1 Å². The molecule has 1 saturated carbocycles. The summed E-state index contributed by atoms with van der Waals surface area (Å²) in [6, 6.07) is 6.38. The Morgan fingerprint density at radius 3 is 2.39 bits per heavy atom. The molecule has 1 aliphatic heterocycles. The number of hydrogen-bond acceptors (Lipinski definition) is 4. The number of benzene rings is 1. The van der Waals surface area contributed by atoms with Crippen LogP contribution in [-0.2, 0) is 14.4 Å². The lowest BCUT2D eigenvalue weighted by molar-refractivity contribution is -0.122. The zero-order valence-corrected chi connectivity index (χ0v) is 21.1. The summed E-state index contributed by atoms with van der Waals surface area (Å²) in [5, 5.41) is 2.89. The Labute approximate surface area is 198 Å². The van der Waals surface area contributed by atoms with Crippen LogP contribution in [0.15, 0.2) is 18.2 Å². The number of amides is 3. The number of hydrogen-bond donors (Lipinski definition) is 1. The van der Waals surface area contributed by atoms with Crippen molar-refractivity contribution in [2.45, 2.75) is 78.8 Å². The number of carbonyl (C=O) groups is 3. The molecule has 7 nitrogen and oxygen atoms in total. The van der Waals surface area contributed by atoms with Gasteiger partial charge in [0.05, 0.1) is 24.0 Å². The Morgan fingerprint density at radius 2 is 1.85 bits per heavy atom. The first-order valence-electron chi connectivity index (χ1n) is 12.4. The number of nitrogens with one attached hydrogen (secondary N) is 1. The molecule has 2 atom stereocenters. The first-order chi connectivity index (χ1) is 15.7. The standard InChI is InChI=1S/C26H40N4O3/c1-7-20(15-28(17(3)4)16-25(32)27-8-2)22-11-12-23-24(13-22)29(26(33)21-9-10-21)14-18(5)30(23)19(6)31/h11-13,17-18,20-21H,7-10,14-16H2,1-6H3,(H,27,32). The molecule has 0 spiro atoms. The second kappa shape index (κ2) is 10.7. The summed E-state index contributed by atoms with van der Waals surface area (Å²) in [6.45, 7) is 14.2. The summed E-state index contributed by atoms with van der Waals surface area (Å²) in [5.41, 5.74) is 2.80. The SMILES string of the molecule is CCNC(=O)CN(CC(CC)c1ccc2c(c1)N(C(=O)C1CC1)CC(C)N2C(C)=O)C(C)C. The van der Waals surface area contributed by atoms with E-state index in [-0.39, 0.29) is 41.6 Å². The molecular weight excluding hydrogens is 416 g/mol. The molecule has 3 amide bonds. The summed E-state index contributed by atoms with van der Waals surface area (Å²) < 4.78 is 0. The quantitative estimate of drug-likeness (QED) is 0.617. The van der Waals surface area contributed by atoms with Crippen LogP contribution in [0.1, 0.15) is 72.3 Å². The van der Waals surface area contributed by atoms with E-state index in [0.29, 0.717) is 19.6 Å². The van der Waals surface area contributed by atoms with E-state index in [4.69, 9.17) is 0 Å². The van der Waals surface area contributed by atoms with Crippen molar-refractivity contribution in [2.75, 3.05) is 36.0 Å². The molecule has 0 radical (unpaired) electrons. The van der Waals surface area contributed by atoms with E-state index in [0.717, 1.165) is 42.7 Å². The maximum absolute atomic E-state index is 13.1. The maximum atomic E-state index is 13.1. The van der Waals surface area contributed by atoms with E-state index < -0.39 is 0 Å². The Morgan fingerprint density at radius 1 is 1.15 bits per heavy atom. The van der Waals surface area contributed by atoms with E-state index in [1.165, 1.54) is 0 Å². The maximum Gasteiger partial charge on any atom is 0.234 e. The van der Waals surface area contributed by atoms with Crippen molar-refractivity contribution in [3.8, 4) is 0 Å². The lowest BCUT2D eigenvalue weighted by atomic mass is 9.93. The molecule has 0 bridgehead atoms. The fourth-order valence-corrected chi connectivity index (χ4v) is 4.78. The van der Waals surface area contributed by atoms with Crippen LogP contribution in [0.2, 0.25) is 0 Å². The lowest BCUT2D eigenvalue weighted by Crippen LogP contribution is -2.51. The third-order valence-corrected chi connectivity index (χ3v) is 6.84. The van der Waals surface area contributed by atoms with Crippen LogP contribution in [0.3, 0.4) is 0 Å². The molecule has 1 aliphatic carbocycles. The number of carbonyl (C=O) groups excluding carboxylic acids is 3. The van der Waals surface area contributed by atoms with Crippen LogP contribution in [0.5, 0.6) is 0 Å². The number of nitrogens with zero attached hydrogens (tertiary/aromatic N) is 3. The van der Waals surface area contributed by atoms with Gasteiger partial charge in [-0.1, -0.05) is 13.0 Å². The van der Waals surface area contributed by atoms with E-state index >= 15 is 0 Å². The van der Waals surface area contributed by atoms with Crippen LogP contribution in [0, 0.1) is 5.92 Å². The molecule has 0 saturated heterocycles. The molecule has 3 rings (SSSR count). The molecule has 1 N–H and O–H groups in total. The predicted molar refractivity (Wildman–Crippen MR) is 133 cm³/mol. The smallest absolute Gasteiger partial charge is 0.234 e. The molecular formula is C26H40N4O3. The molecule has 1 heterocycles. The van der Waals surface area contributed by atoms with E-state index in [1.807, 2.05) is 29.7 Å². The molecule has 2 unspecified atom stereocenters. The van der Waals surface area contributed by atoms with Crippen molar-refractivity contribution in [1.29, 1.82) is 0 Å². The van der Waals surface area contributed by atoms with Gasteiger partial charge in [-0.3, -0.25) is 19.3 Å². The molecule has 1 aromatic rings. The highest BCUT2D eigenvalue weighted by molar-refractivity contribution is 6.05. The molecule has 33 heavy (non-hydrogen) atoms. The zero-order valence-electron chi connectivity index (χ0n) is 21.1. The minimum atomic E-state index is -0.0565. The Bertz CT molecular complexity index is 880. The van der Waals surface area contributed by atoms with Crippen molar-refractivity contribution in [2.24, 2.45) is 5.92 Å². The van der Waals surface area contributed by atoms with Gasteiger partial charge in [0.1, 0.15) is 0 Å². The second-order valence-corrected chi connectivity index (χ2v) is 9.79. The first kappa shape index (κ1) is 25.2. The highest BCUT2D eigenvalue weighted by atomic mass is 16.2. The average molecular weight is 457 g/mol. The third-order valence-electron chi connectivity index (χ3n) is 6.84. The third kappa shape index (κ3) is 5.75. The molecule has 182 valence electrons. The van der Waals surface area contributed by atoms with E-state index in [2.05, 4.69) is 43.1 Å². The highest BCUT2D eigenvalue weighted by Gasteiger charge is 2.40. The van der Waals surface area contributed by atoms with E-state index in [1.54, 1.807) is 6.92 Å². The van der Waals surface area contributed by atoms with Crippen molar-refractivity contribution in [3.63, 3.8) is 0 Å². The molecule has 7 heteroatoms. The van der Waals surface area contributed by atoms with Crippen molar-refractivity contribution >= 4 is 29.1 Å². The molecule has 1 fully saturated rings. The average Bonchev–Trinajstić information content (AvgIpc) is 3.60. The fraction of sp³-hybridized carbons (Fsp3) is 0.654. The number of anilines is 2. The monoisotopic (exact) mass is 456 g/mol. The Kier molecular flexibility index (Phi) is 8.16. The number of fused-ring (bicyclic) bond motifs is 1. The van der Waals surface area contributed by atoms with E-state index in [9.17, 15) is 14.4 Å². The Balaban J connectivity index is 1.92. The van der Waals surface area contributed by atoms with Gasteiger partial charge in [-0.05, 0) is 70.6 Å². The summed E-state index contributed by atoms with van der Waals surface area (Å²) in [7, 11) is 0. The minimum Gasteiger partial charge on any atom is -0.355 e. The van der Waals surface area contributed by atoms with Gasteiger partial charge in [-0.15, -0.1) is 0 Å². The topological polar surface area (TPSA) is 73.0 Å². The van der Waals surface area contributed by atoms with Gasteiger partial charge in [0.25, 0.3) is 0 Å². The largest absolute Gasteiger partial charge is 0.355 e. The number of rotatable bonds is 9. The molecule has 2 aliphatic rings. The molecule has 0 aromatic heterocycles. The van der Waals surface area contributed by atoms with Crippen LogP contribution < -0.4 is 15.1 Å². The first-order valence-corrected chi connectivity index (χ1v) is 12.4. The summed E-state index contributed by atoms with van der Waals surface area (Å²) in [4.78, 5) is 43.7. The van der Waals surface area contributed by atoms with Crippen LogP contribution in [0.25, 0.3) is 0 Å². The lowest BCUT2D eigenvalue weighted by Gasteiger charge is -2.41. The van der Waals surface area contributed by atoms with Crippen molar-refractivity contribution in [3.05, 3.63) is 23.8 Å². The summed E-state index contributed by atoms with van der Waals surface area (Å²) >= 11 is 0. The van der Waals surface area contributed by atoms with Gasteiger partial charge in [0.15, 0.2) is 0 Å². The van der Waals surface area contributed by atoms with Crippen LogP contribution in [-0.4, -0.2) is 60.9 Å². The van der Waals surface area contributed by atoms with Crippen LogP contribution >= 0.6 is 0 Å². The van der Waals surface area contributed by atoms with Crippen molar-refractivity contribution < 1.29 is 14.4 Å². The predicted octanol–water partition coefficient (Wildman–Crippen LogP) is 3.52. The van der Waals surface area contributed by atoms with Crippen molar-refractivity contribution in [1.82, 2.24) is 10.2 Å². The summed E-state index contributed by atoms with van der Waals surface area (Å²) in [5.74, 6) is 0.550. The van der Waals surface area contributed by atoms with Crippen LogP contribution in [0.4, 0.5) is 11.4 Å². The zero-order chi connectivity index (χ0) is 24.3. The molecule has 1 aromatic carbocycles. The fourth-order valence-electron chi connectivity index (χ4n) is 4.78. The highest BCUT2D eigenvalue weighted by Crippen LogP contribution is 2.41. The second-order valence-electron chi connectivity index (χ2n) is 9.79. The Hall–Kier alpha value is -2.41. The van der Waals surface area contributed by atoms with Gasteiger partial charge in [-0.25, -0.2) is 0 Å². The van der Waals surface area contributed by atoms with Gasteiger partial charge in [0, 0.05) is 38.5 Å². The van der Waals surface area contributed by atoms with Gasteiger partial charge in [0.2, 0.25) is 17.7 Å². The summed E-state index contributed by atoms with van der Waals surface area (Å²) in [6.07, 6.45) is 2.83.